The third-order valence-corrected chi connectivity index (χ3v) is 3.71. The van der Waals surface area contributed by atoms with Gasteiger partial charge in [0.25, 0.3) is 0 Å². The second kappa shape index (κ2) is 6.64. The molecule has 3 heteroatoms. The van der Waals surface area contributed by atoms with Gasteiger partial charge in [0.05, 0.1) is 14.2 Å². The first kappa shape index (κ1) is 13.2. The number of nitrogens with one attached hydrogen (secondary N) is 1. The van der Waals surface area contributed by atoms with Crippen molar-refractivity contribution < 1.29 is 9.47 Å². The lowest BCUT2D eigenvalue weighted by Gasteiger charge is -2.22. The number of piperidine rings is 1. The SMILES string of the molecule is COc1cc(CCC2CCNCC2)cc(OC)c1. The zero-order valence-corrected chi connectivity index (χ0v) is 11.4. The van der Waals surface area contributed by atoms with Crippen LogP contribution >= 0.6 is 0 Å². The maximum Gasteiger partial charge on any atom is 0.122 e. The summed E-state index contributed by atoms with van der Waals surface area (Å²) in [5.41, 5.74) is 1.31. The van der Waals surface area contributed by atoms with Crippen molar-refractivity contribution in [3.63, 3.8) is 0 Å². The number of ether oxygens (including phenoxy) is 2. The molecule has 1 aliphatic heterocycles. The number of rotatable bonds is 5. The highest BCUT2D eigenvalue weighted by Gasteiger charge is 2.13. The molecule has 100 valence electrons. The highest BCUT2D eigenvalue weighted by molar-refractivity contribution is 5.38. The van der Waals surface area contributed by atoms with Gasteiger partial charge >= 0.3 is 0 Å². The summed E-state index contributed by atoms with van der Waals surface area (Å²) in [6, 6.07) is 6.15. The van der Waals surface area contributed by atoms with Gasteiger partial charge in [0, 0.05) is 6.07 Å². The maximum absolute atomic E-state index is 5.30. The van der Waals surface area contributed by atoms with Gasteiger partial charge < -0.3 is 14.8 Å². The lowest BCUT2D eigenvalue weighted by atomic mass is 9.91. The molecule has 0 aromatic heterocycles. The first-order valence-corrected chi connectivity index (χ1v) is 6.74. The van der Waals surface area contributed by atoms with E-state index in [-0.39, 0.29) is 0 Å². The van der Waals surface area contributed by atoms with Crippen LogP contribution in [0.3, 0.4) is 0 Å². The lowest BCUT2D eigenvalue weighted by Crippen LogP contribution is -2.27. The Hall–Kier alpha value is -1.22. The summed E-state index contributed by atoms with van der Waals surface area (Å²) in [5, 5.41) is 3.41. The fourth-order valence-corrected chi connectivity index (χ4v) is 2.55. The molecule has 0 aliphatic carbocycles. The third kappa shape index (κ3) is 3.64. The fraction of sp³-hybridized carbons (Fsp3) is 0.600. The molecular formula is C15H23NO2. The topological polar surface area (TPSA) is 30.5 Å². The molecule has 1 heterocycles. The fourth-order valence-electron chi connectivity index (χ4n) is 2.55. The van der Waals surface area contributed by atoms with Crippen LogP contribution in [0.2, 0.25) is 0 Å². The Kier molecular flexibility index (Phi) is 4.88. The molecule has 1 N–H and O–H groups in total. The molecule has 1 aliphatic rings. The second-order valence-corrected chi connectivity index (χ2v) is 4.95. The van der Waals surface area contributed by atoms with Crippen molar-refractivity contribution in [1.29, 1.82) is 0 Å². The number of methoxy groups -OCH3 is 2. The molecule has 1 aromatic rings. The van der Waals surface area contributed by atoms with Gasteiger partial charge in [-0.05, 0) is 62.4 Å². The van der Waals surface area contributed by atoms with Crippen LogP contribution in [0, 0.1) is 5.92 Å². The van der Waals surface area contributed by atoms with Gasteiger partial charge in [0.1, 0.15) is 11.5 Å². The summed E-state index contributed by atoms with van der Waals surface area (Å²) >= 11 is 0. The Labute approximate surface area is 109 Å². The van der Waals surface area contributed by atoms with Crippen molar-refractivity contribution >= 4 is 0 Å². The van der Waals surface area contributed by atoms with E-state index in [1.54, 1.807) is 14.2 Å². The van der Waals surface area contributed by atoms with Crippen molar-refractivity contribution in [2.24, 2.45) is 5.92 Å². The molecule has 0 saturated carbocycles. The van der Waals surface area contributed by atoms with Crippen LogP contribution in [0.4, 0.5) is 0 Å². The van der Waals surface area contributed by atoms with E-state index in [0.717, 1.165) is 23.8 Å². The zero-order chi connectivity index (χ0) is 12.8. The van der Waals surface area contributed by atoms with Crippen LogP contribution in [0.15, 0.2) is 18.2 Å². The van der Waals surface area contributed by atoms with E-state index < -0.39 is 0 Å². The van der Waals surface area contributed by atoms with Crippen LogP contribution in [0.5, 0.6) is 11.5 Å². The summed E-state index contributed by atoms with van der Waals surface area (Å²) in [6.07, 6.45) is 4.98. The predicted octanol–water partition coefficient (Wildman–Crippen LogP) is 2.64. The van der Waals surface area contributed by atoms with Crippen molar-refractivity contribution in [2.45, 2.75) is 25.7 Å². The summed E-state index contributed by atoms with van der Waals surface area (Å²) in [6.45, 7) is 2.35. The van der Waals surface area contributed by atoms with Crippen LogP contribution in [0.1, 0.15) is 24.8 Å². The van der Waals surface area contributed by atoms with Gasteiger partial charge in [-0.2, -0.15) is 0 Å². The molecule has 1 aromatic carbocycles. The van der Waals surface area contributed by atoms with Gasteiger partial charge in [-0.3, -0.25) is 0 Å². The van der Waals surface area contributed by atoms with Gasteiger partial charge in [-0.25, -0.2) is 0 Å². The lowest BCUT2D eigenvalue weighted by molar-refractivity contribution is 0.353. The standard InChI is InChI=1S/C15H23NO2/c1-17-14-9-13(10-15(11-14)18-2)4-3-12-5-7-16-8-6-12/h9-12,16H,3-8H2,1-2H3. The molecule has 0 unspecified atom stereocenters. The van der Waals surface area contributed by atoms with Crippen molar-refractivity contribution in [2.75, 3.05) is 27.3 Å². The Bertz CT molecular complexity index is 351. The van der Waals surface area contributed by atoms with E-state index in [2.05, 4.69) is 17.4 Å². The molecular weight excluding hydrogens is 226 g/mol. The minimum atomic E-state index is 0.864. The molecule has 1 fully saturated rings. The Morgan fingerprint density at radius 2 is 1.67 bits per heavy atom. The predicted molar refractivity (Wildman–Crippen MR) is 73.5 cm³/mol. The molecule has 0 radical (unpaired) electrons. The number of aryl methyl sites for hydroxylation is 1. The van der Waals surface area contributed by atoms with Gasteiger partial charge in [0.15, 0.2) is 0 Å². The summed E-state index contributed by atoms with van der Waals surface area (Å²) in [5.74, 6) is 2.63. The summed E-state index contributed by atoms with van der Waals surface area (Å²) < 4.78 is 10.6. The van der Waals surface area contributed by atoms with Crippen LogP contribution in [0.25, 0.3) is 0 Å². The zero-order valence-electron chi connectivity index (χ0n) is 11.4. The molecule has 3 nitrogen and oxygen atoms in total. The smallest absolute Gasteiger partial charge is 0.122 e. The normalized spacial score (nSPS) is 16.6. The second-order valence-electron chi connectivity index (χ2n) is 4.95. The van der Waals surface area contributed by atoms with E-state index in [9.17, 15) is 0 Å². The first-order valence-electron chi connectivity index (χ1n) is 6.74. The highest BCUT2D eigenvalue weighted by atomic mass is 16.5. The Morgan fingerprint density at radius 3 is 2.22 bits per heavy atom. The molecule has 0 spiro atoms. The molecule has 1 saturated heterocycles. The molecule has 0 amide bonds. The number of hydrogen-bond acceptors (Lipinski definition) is 3. The number of benzene rings is 1. The quantitative estimate of drug-likeness (QED) is 0.870. The summed E-state index contributed by atoms with van der Waals surface area (Å²) in [7, 11) is 3.40. The van der Waals surface area contributed by atoms with Gasteiger partial charge in [0.2, 0.25) is 0 Å². The van der Waals surface area contributed by atoms with Crippen molar-refractivity contribution in [3.05, 3.63) is 23.8 Å². The van der Waals surface area contributed by atoms with E-state index in [4.69, 9.17) is 9.47 Å². The maximum atomic E-state index is 5.30. The minimum absolute atomic E-state index is 0.864. The molecule has 0 atom stereocenters. The average Bonchev–Trinajstić information content (AvgIpc) is 2.45. The molecule has 18 heavy (non-hydrogen) atoms. The highest BCUT2D eigenvalue weighted by Crippen LogP contribution is 2.25. The Morgan fingerprint density at radius 1 is 1.06 bits per heavy atom. The largest absolute Gasteiger partial charge is 0.497 e. The minimum Gasteiger partial charge on any atom is -0.497 e. The van der Waals surface area contributed by atoms with Gasteiger partial charge in [-0.15, -0.1) is 0 Å². The van der Waals surface area contributed by atoms with Crippen molar-refractivity contribution in [1.82, 2.24) is 5.32 Å². The summed E-state index contributed by atoms with van der Waals surface area (Å²) in [4.78, 5) is 0. The number of hydrogen-bond donors (Lipinski definition) is 1. The monoisotopic (exact) mass is 249 g/mol. The molecule has 2 rings (SSSR count). The Balaban J connectivity index is 1.94. The van der Waals surface area contributed by atoms with Crippen LogP contribution in [-0.4, -0.2) is 27.3 Å². The van der Waals surface area contributed by atoms with Crippen LogP contribution in [-0.2, 0) is 6.42 Å². The average molecular weight is 249 g/mol. The van der Waals surface area contributed by atoms with E-state index in [1.807, 2.05) is 6.07 Å². The van der Waals surface area contributed by atoms with E-state index in [1.165, 1.54) is 37.9 Å². The van der Waals surface area contributed by atoms with Gasteiger partial charge in [-0.1, -0.05) is 0 Å². The van der Waals surface area contributed by atoms with Crippen molar-refractivity contribution in [3.8, 4) is 11.5 Å². The van der Waals surface area contributed by atoms with E-state index in [0.29, 0.717) is 0 Å². The third-order valence-electron chi connectivity index (χ3n) is 3.71. The first-order chi connectivity index (χ1) is 8.81. The van der Waals surface area contributed by atoms with E-state index >= 15 is 0 Å². The molecule has 0 bridgehead atoms. The van der Waals surface area contributed by atoms with Crippen LogP contribution < -0.4 is 14.8 Å².